The summed E-state index contributed by atoms with van der Waals surface area (Å²) in [4.78, 5) is 26.7. The molecule has 1 heterocycles. The van der Waals surface area contributed by atoms with E-state index in [0.29, 0.717) is 23.7 Å². The maximum absolute atomic E-state index is 12.5. The number of benzene rings is 1. The van der Waals surface area contributed by atoms with Crippen LogP contribution in [0, 0.1) is 12.3 Å². The normalized spacial score (nSPS) is 10.8. The third-order valence-electron chi connectivity index (χ3n) is 4.57. The standard InChI is InChI=1S/C20H27N3O3S/c1-13-15-12-14(19(21)27-3)9-10-16(15)23-18(13)20(25)22-11-7-5-4-6-8-17(24)26-2/h9-10,12,21,23H,4-8,11H2,1-3H3,(H,22,25). The van der Waals surface area contributed by atoms with Crippen molar-refractivity contribution in [1.82, 2.24) is 10.3 Å². The molecule has 27 heavy (non-hydrogen) atoms. The lowest BCUT2D eigenvalue weighted by atomic mass is 10.1. The number of aromatic nitrogens is 1. The van der Waals surface area contributed by atoms with Gasteiger partial charge < -0.3 is 15.0 Å². The van der Waals surface area contributed by atoms with Crippen molar-refractivity contribution in [1.29, 1.82) is 5.41 Å². The highest BCUT2D eigenvalue weighted by Crippen LogP contribution is 2.24. The molecule has 0 saturated carbocycles. The van der Waals surface area contributed by atoms with E-state index in [4.69, 9.17) is 5.41 Å². The number of carbonyl (C=O) groups is 2. The van der Waals surface area contributed by atoms with Crippen LogP contribution in [0.1, 0.15) is 53.7 Å². The van der Waals surface area contributed by atoms with Crippen molar-refractivity contribution in [3.05, 3.63) is 35.0 Å². The Balaban J connectivity index is 1.87. The van der Waals surface area contributed by atoms with Crippen molar-refractivity contribution in [2.24, 2.45) is 0 Å². The Bertz CT molecular complexity index is 829. The van der Waals surface area contributed by atoms with Gasteiger partial charge in [0, 0.05) is 29.4 Å². The van der Waals surface area contributed by atoms with Gasteiger partial charge in [0.2, 0.25) is 0 Å². The van der Waals surface area contributed by atoms with E-state index in [1.165, 1.54) is 18.9 Å². The smallest absolute Gasteiger partial charge is 0.305 e. The number of aromatic amines is 1. The second-order valence-electron chi connectivity index (χ2n) is 6.41. The molecule has 0 saturated heterocycles. The molecule has 0 fully saturated rings. The molecule has 0 atom stereocenters. The lowest BCUT2D eigenvalue weighted by Crippen LogP contribution is -2.25. The molecule has 0 bridgehead atoms. The van der Waals surface area contributed by atoms with Crippen molar-refractivity contribution in [3.63, 3.8) is 0 Å². The molecule has 7 heteroatoms. The summed E-state index contributed by atoms with van der Waals surface area (Å²) >= 11 is 1.40. The Hall–Kier alpha value is -2.28. The van der Waals surface area contributed by atoms with Crippen LogP contribution in [0.25, 0.3) is 10.9 Å². The molecular weight excluding hydrogens is 362 g/mol. The molecule has 1 amide bonds. The highest BCUT2D eigenvalue weighted by atomic mass is 32.2. The maximum atomic E-state index is 12.5. The zero-order chi connectivity index (χ0) is 19.8. The Morgan fingerprint density at radius 1 is 1.22 bits per heavy atom. The highest BCUT2D eigenvalue weighted by molar-refractivity contribution is 8.13. The van der Waals surface area contributed by atoms with Gasteiger partial charge in [0.1, 0.15) is 5.69 Å². The van der Waals surface area contributed by atoms with Gasteiger partial charge in [0.25, 0.3) is 5.91 Å². The van der Waals surface area contributed by atoms with E-state index in [1.54, 1.807) is 0 Å². The first-order valence-electron chi connectivity index (χ1n) is 9.08. The van der Waals surface area contributed by atoms with Gasteiger partial charge in [-0.2, -0.15) is 0 Å². The van der Waals surface area contributed by atoms with Crippen LogP contribution in [-0.4, -0.2) is 41.8 Å². The fourth-order valence-corrected chi connectivity index (χ4v) is 3.32. The fourth-order valence-electron chi connectivity index (χ4n) is 2.95. The largest absolute Gasteiger partial charge is 0.469 e. The van der Waals surface area contributed by atoms with Crippen LogP contribution in [0.2, 0.25) is 0 Å². The Labute approximate surface area is 163 Å². The van der Waals surface area contributed by atoms with Crippen LogP contribution in [0.5, 0.6) is 0 Å². The topological polar surface area (TPSA) is 95.0 Å². The molecular formula is C20H27N3O3S. The molecule has 1 aromatic carbocycles. The molecule has 0 radical (unpaired) electrons. The zero-order valence-corrected chi connectivity index (χ0v) is 16.9. The zero-order valence-electron chi connectivity index (χ0n) is 16.1. The molecule has 2 rings (SSSR count). The summed E-state index contributed by atoms with van der Waals surface area (Å²) in [7, 11) is 1.40. The highest BCUT2D eigenvalue weighted by Gasteiger charge is 2.15. The van der Waals surface area contributed by atoms with Crippen LogP contribution in [-0.2, 0) is 9.53 Å². The summed E-state index contributed by atoms with van der Waals surface area (Å²) in [6.45, 7) is 2.53. The molecule has 0 spiro atoms. The number of ether oxygens (including phenoxy) is 1. The second-order valence-corrected chi connectivity index (χ2v) is 7.23. The van der Waals surface area contributed by atoms with Crippen LogP contribution in [0.4, 0.5) is 0 Å². The third kappa shape index (κ3) is 5.60. The molecule has 1 aromatic heterocycles. The van der Waals surface area contributed by atoms with Crippen LogP contribution >= 0.6 is 11.8 Å². The van der Waals surface area contributed by atoms with Crippen molar-refractivity contribution in [3.8, 4) is 0 Å². The number of aryl methyl sites for hydroxylation is 1. The number of H-pyrrole nitrogens is 1. The van der Waals surface area contributed by atoms with E-state index in [-0.39, 0.29) is 11.9 Å². The van der Waals surface area contributed by atoms with E-state index < -0.39 is 0 Å². The molecule has 3 N–H and O–H groups in total. The van der Waals surface area contributed by atoms with Gasteiger partial charge in [-0.15, -0.1) is 11.8 Å². The molecule has 6 nitrogen and oxygen atoms in total. The SMILES string of the molecule is COC(=O)CCCCCCNC(=O)c1[nH]c2ccc(C(=N)SC)cc2c1C. The number of amides is 1. The van der Waals surface area contributed by atoms with Crippen molar-refractivity contribution >= 4 is 39.6 Å². The lowest BCUT2D eigenvalue weighted by Gasteiger charge is -2.05. The molecule has 0 unspecified atom stereocenters. The maximum Gasteiger partial charge on any atom is 0.305 e. The minimum absolute atomic E-state index is 0.111. The number of hydrogen-bond donors (Lipinski definition) is 3. The first-order chi connectivity index (χ1) is 13.0. The van der Waals surface area contributed by atoms with E-state index in [9.17, 15) is 9.59 Å². The van der Waals surface area contributed by atoms with Gasteiger partial charge in [-0.05, 0) is 43.7 Å². The number of hydrogen-bond acceptors (Lipinski definition) is 5. The number of methoxy groups -OCH3 is 1. The average molecular weight is 390 g/mol. The minimum Gasteiger partial charge on any atom is -0.469 e. The van der Waals surface area contributed by atoms with Gasteiger partial charge in [0.15, 0.2) is 0 Å². The number of esters is 1. The first kappa shape index (κ1) is 21.0. The van der Waals surface area contributed by atoms with E-state index in [2.05, 4.69) is 15.0 Å². The quantitative estimate of drug-likeness (QED) is 0.261. The van der Waals surface area contributed by atoms with E-state index in [1.807, 2.05) is 31.4 Å². The van der Waals surface area contributed by atoms with Gasteiger partial charge in [-0.3, -0.25) is 15.0 Å². The average Bonchev–Trinajstić information content (AvgIpc) is 3.02. The Kier molecular flexibility index (Phi) is 7.91. The Morgan fingerprint density at radius 3 is 2.67 bits per heavy atom. The molecule has 2 aromatic rings. The number of fused-ring (bicyclic) bond motifs is 1. The first-order valence-corrected chi connectivity index (χ1v) is 10.3. The summed E-state index contributed by atoms with van der Waals surface area (Å²) in [6.07, 6.45) is 5.93. The molecule has 0 aliphatic rings. The minimum atomic E-state index is -0.173. The monoisotopic (exact) mass is 389 g/mol. The van der Waals surface area contributed by atoms with E-state index >= 15 is 0 Å². The Morgan fingerprint density at radius 2 is 1.96 bits per heavy atom. The molecule has 146 valence electrons. The predicted molar refractivity (Wildman–Crippen MR) is 111 cm³/mol. The summed E-state index contributed by atoms with van der Waals surface area (Å²) in [6, 6.07) is 5.77. The summed E-state index contributed by atoms with van der Waals surface area (Å²) < 4.78 is 4.61. The van der Waals surface area contributed by atoms with Crippen LogP contribution in [0.15, 0.2) is 18.2 Å². The van der Waals surface area contributed by atoms with Gasteiger partial charge >= 0.3 is 5.97 Å². The van der Waals surface area contributed by atoms with Gasteiger partial charge in [0.05, 0.1) is 12.2 Å². The van der Waals surface area contributed by atoms with Crippen molar-refractivity contribution in [2.75, 3.05) is 19.9 Å². The summed E-state index contributed by atoms with van der Waals surface area (Å²) in [5, 5.41) is 12.4. The fraction of sp³-hybridized carbons (Fsp3) is 0.450. The number of nitrogens with one attached hydrogen (secondary N) is 3. The van der Waals surface area contributed by atoms with E-state index in [0.717, 1.165) is 47.7 Å². The molecule has 0 aliphatic carbocycles. The predicted octanol–water partition coefficient (Wildman–Crippen LogP) is 4.02. The van der Waals surface area contributed by atoms with Crippen molar-refractivity contribution in [2.45, 2.75) is 39.0 Å². The lowest BCUT2D eigenvalue weighted by molar-refractivity contribution is -0.140. The van der Waals surface area contributed by atoms with Crippen molar-refractivity contribution < 1.29 is 14.3 Å². The van der Waals surface area contributed by atoms with Gasteiger partial charge in [-0.25, -0.2) is 0 Å². The van der Waals surface area contributed by atoms with Gasteiger partial charge in [-0.1, -0.05) is 18.9 Å². The number of thioether (sulfide) groups is 1. The summed E-state index contributed by atoms with van der Waals surface area (Å²) in [5.74, 6) is -0.284. The van der Waals surface area contributed by atoms with Crippen LogP contribution in [0.3, 0.4) is 0 Å². The molecule has 0 aliphatic heterocycles. The summed E-state index contributed by atoms with van der Waals surface area (Å²) in [5.41, 5.74) is 3.23. The third-order valence-corrected chi connectivity index (χ3v) is 5.22. The number of unbranched alkanes of at least 4 members (excludes halogenated alkanes) is 3. The number of carbonyl (C=O) groups excluding carboxylic acids is 2. The van der Waals surface area contributed by atoms with Crippen LogP contribution < -0.4 is 5.32 Å². The number of rotatable bonds is 9. The second kappa shape index (κ2) is 10.2.